The summed E-state index contributed by atoms with van der Waals surface area (Å²) in [6.07, 6.45) is 0. The molecule has 0 heterocycles. The zero-order valence-corrected chi connectivity index (χ0v) is 8.66. The Bertz CT molecular complexity index is 444. The lowest BCUT2D eigenvalue weighted by Gasteiger charge is -2.00. The summed E-state index contributed by atoms with van der Waals surface area (Å²) < 4.78 is 25.1. The zero-order chi connectivity index (χ0) is 10.1. The van der Waals surface area contributed by atoms with Gasteiger partial charge in [0.05, 0.1) is 10.6 Å². The molecule has 0 aromatic heterocycles. The molecule has 0 fully saturated rings. The second-order valence-corrected chi connectivity index (χ2v) is 5.00. The topological polar surface area (TPSA) is 72.5 Å². The first-order chi connectivity index (χ1) is 5.95. The molecule has 4 nitrogen and oxygen atoms in total. The van der Waals surface area contributed by atoms with Gasteiger partial charge in [0, 0.05) is 23.1 Å². The third-order valence-corrected chi connectivity index (χ3v) is 2.93. The first-order valence-electron chi connectivity index (χ1n) is 3.12. The third kappa shape index (κ3) is 2.36. The van der Waals surface area contributed by atoms with E-state index < -0.39 is 9.05 Å². The van der Waals surface area contributed by atoms with Gasteiger partial charge >= 0.3 is 0 Å². The van der Waals surface area contributed by atoms with Crippen LogP contribution in [-0.4, -0.2) is 8.42 Å². The van der Waals surface area contributed by atoms with Crippen LogP contribution >= 0.6 is 10.7 Å². The SMILES string of the molecule is Nc1ccc(S(=O)(=O)Cl)cc1N=S. The summed E-state index contributed by atoms with van der Waals surface area (Å²) in [5, 5.41) is 0. The van der Waals surface area contributed by atoms with E-state index in [2.05, 4.69) is 16.8 Å². The molecule has 0 atom stereocenters. The predicted molar refractivity (Wildman–Crippen MR) is 53.3 cm³/mol. The van der Waals surface area contributed by atoms with Crippen molar-refractivity contribution in [3.8, 4) is 0 Å². The van der Waals surface area contributed by atoms with Crippen LogP contribution in [0.1, 0.15) is 0 Å². The van der Waals surface area contributed by atoms with Gasteiger partial charge in [-0.1, -0.05) is 0 Å². The highest BCUT2D eigenvalue weighted by Gasteiger charge is 2.11. The van der Waals surface area contributed by atoms with E-state index in [4.69, 9.17) is 16.4 Å². The van der Waals surface area contributed by atoms with Crippen molar-refractivity contribution in [1.29, 1.82) is 0 Å². The van der Waals surface area contributed by atoms with E-state index in [9.17, 15) is 8.42 Å². The average molecular weight is 237 g/mol. The van der Waals surface area contributed by atoms with E-state index in [1.165, 1.54) is 18.2 Å². The van der Waals surface area contributed by atoms with Crippen molar-refractivity contribution in [2.24, 2.45) is 4.36 Å². The van der Waals surface area contributed by atoms with Crippen molar-refractivity contribution in [3.63, 3.8) is 0 Å². The summed E-state index contributed by atoms with van der Waals surface area (Å²) in [7, 11) is 1.35. The van der Waals surface area contributed by atoms with Gasteiger partial charge in [0.15, 0.2) is 0 Å². The molecule has 1 aromatic rings. The van der Waals surface area contributed by atoms with E-state index >= 15 is 0 Å². The molecular formula is C6H5ClN2O2S2. The standard InChI is InChI=1S/C6H5ClN2O2S2/c7-13(10,11)4-1-2-5(8)6(3-4)9-12/h1-3H,8H2. The minimum atomic E-state index is -3.74. The Balaban J connectivity index is 3.38. The molecule has 0 spiro atoms. The molecule has 0 saturated carbocycles. The lowest BCUT2D eigenvalue weighted by atomic mass is 10.3. The number of halogens is 1. The number of hydrogen-bond acceptors (Lipinski definition) is 5. The van der Waals surface area contributed by atoms with Crippen LogP contribution in [0.4, 0.5) is 11.4 Å². The van der Waals surface area contributed by atoms with Crippen LogP contribution < -0.4 is 5.73 Å². The first kappa shape index (κ1) is 10.4. The van der Waals surface area contributed by atoms with Crippen LogP contribution in [0, 0.1) is 0 Å². The molecule has 13 heavy (non-hydrogen) atoms. The minimum absolute atomic E-state index is 0.0630. The molecule has 0 bridgehead atoms. The average Bonchev–Trinajstić information content (AvgIpc) is 2.03. The summed E-state index contributed by atoms with van der Waals surface area (Å²) in [6, 6.07) is 3.91. The molecule has 0 amide bonds. The Kier molecular flexibility index (Phi) is 2.84. The number of nitrogens with two attached hydrogens (primary N) is 1. The number of anilines is 1. The molecule has 0 radical (unpaired) electrons. The molecule has 1 rings (SSSR count). The van der Waals surface area contributed by atoms with Crippen molar-refractivity contribution in [2.75, 3.05) is 5.73 Å². The van der Waals surface area contributed by atoms with E-state index in [1.807, 2.05) is 0 Å². The Hall–Kier alpha value is -0.720. The summed E-state index contributed by atoms with van der Waals surface area (Å²) in [6.45, 7) is 0. The quantitative estimate of drug-likeness (QED) is 0.625. The normalized spacial score (nSPS) is 11.2. The van der Waals surface area contributed by atoms with Gasteiger partial charge in [0.2, 0.25) is 0 Å². The van der Waals surface area contributed by atoms with Gasteiger partial charge in [0.25, 0.3) is 9.05 Å². The second kappa shape index (κ2) is 3.57. The smallest absolute Gasteiger partial charge is 0.261 e. The Morgan fingerprint density at radius 3 is 2.54 bits per heavy atom. The highest BCUT2D eigenvalue weighted by atomic mass is 35.7. The number of nitrogen functional groups attached to an aromatic ring is 1. The van der Waals surface area contributed by atoms with Gasteiger partial charge in [0.1, 0.15) is 5.69 Å². The predicted octanol–water partition coefficient (Wildman–Crippen LogP) is 1.56. The van der Waals surface area contributed by atoms with Gasteiger partial charge in [-0.3, -0.25) is 0 Å². The Morgan fingerprint density at radius 1 is 1.46 bits per heavy atom. The number of rotatable bonds is 2. The fraction of sp³-hybridized carbons (Fsp3) is 0. The summed E-state index contributed by atoms with van der Waals surface area (Å²) in [5.74, 6) is 0. The zero-order valence-electron chi connectivity index (χ0n) is 6.27. The van der Waals surface area contributed by atoms with Gasteiger partial charge in [-0.2, -0.15) is 4.36 Å². The number of hydrogen-bond donors (Lipinski definition) is 1. The lowest BCUT2D eigenvalue weighted by Crippen LogP contribution is -1.92. The van der Waals surface area contributed by atoms with Crippen LogP contribution in [0.15, 0.2) is 27.5 Å². The van der Waals surface area contributed by atoms with Gasteiger partial charge in [-0.15, -0.1) is 0 Å². The van der Waals surface area contributed by atoms with E-state index in [-0.39, 0.29) is 10.6 Å². The molecular weight excluding hydrogens is 232 g/mol. The fourth-order valence-electron chi connectivity index (χ4n) is 0.754. The lowest BCUT2D eigenvalue weighted by molar-refractivity contribution is 0.609. The number of benzene rings is 1. The molecule has 2 N–H and O–H groups in total. The largest absolute Gasteiger partial charge is 0.397 e. The summed E-state index contributed by atoms with van der Waals surface area (Å²) >= 11 is 4.40. The van der Waals surface area contributed by atoms with Gasteiger partial charge in [-0.25, -0.2) is 8.42 Å². The highest BCUT2D eigenvalue weighted by molar-refractivity contribution is 8.13. The first-order valence-corrected chi connectivity index (χ1v) is 5.80. The van der Waals surface area contributed by atoms with Crippen LogP contribution in [0.25, 0.3) is 0 Å². The van der Waals surface area contributed by atoms with E-state index in [0.717, 1.165) is 0 Å². The third-order valence-electron chi connectivity index (χ3n) is 1.38. The molecule has 0 aliphatic heterocycles. The maximum atomic E-state index is 10.9. The molecule has 70 valence electrons. The molecule has 0 aliphatic carbocycles. The van der Waals surface area contributed by atoms with Crippen LogP contribution in [0.3, 0.4) is 0 Å². The Morgan fingerprint density at radius 2 is 2.08 bits per heavy atom. The fourth-order valence-corrected chi connectivity index (χ4v) is 1.68. The van der Waals surface area contributed by atoms with Crippen molar-refractivity contribution < 1.29 is 8.42 Å². The maximum absolute atomic E-state index is 10.9. The molecule has 0 aliphatic rings. The van der Waals surface area contributed by atoms with Crippen molar-refractivity contribution >= 4 is 43.5 Å². The Labute approximate surface area is 85.3 Å². The summed E-state index contributed by atoms with van der Waals surface area (Å²) in [5.41, 5.74) is 6.00. The second-order valence-electron chi connectivity index (χ2n) is 2.25. The number of nitrogens with zero attached hydrogens (tertiary/aromatic N) is 1. The van der Waals surface area contributed by atoms with Crippen LogP contribution in [0.5, 0.6) is 0 Å². The van der Waals surface area contributed by atoms with Crippen molar-refractivity contribution in [2.45, 2.75) is 4.90 Å². The minimum Gasteiger partial charge on any atom is -0.397 e. The van der Waals surface area contributed by atoms with Crippen LogP contribution in [-0.2, 0) is 21.5 Å². The van der Waals surface area contributed by atoms with Gasteiger partial charge < -0.3 is 5.73 Å². The summed E-state index contributed by atoms with van der Waals surface area (Å²) in [4.78, 5) is -0.0630. The monoisotopic (exact) mass is 236 g/mol. The molecule has 0 unspecified atom stereocenters. The molecule has 1 aromatic carbocycles. The van der Waals surface area contributed by atoms with Gasteiger partial charge in [-0.05, 0) is 18.2 Å². The highest BCUT2D eigenvalue weighted by Crippen LogP contribution is 2.26. The van der Waals surface area contributed by atoms with Crippen molar-refractivity contribution in [3.05, 3.63) is 18.2 Å². The molecule has 7 heteroatoms. The molecule has 0 saturated heterocycles. The van der Waals surface area contributed by atoms with E-state index in [0.29, 0.717) is 5.69 Å². The van der Waals surface area contributed by atoms with Crippen molar-refractivity contribution in [1.82, 2.24) is 0 Å². The van der Waals surface area contributed by atoms with E-state index in [1.54, 1.807) is 0 Å². The maximum Gasteiger partial charge on any atom is 0.261 e. The van der Waals surface area contributed by atoms with Crippen LogP contribution in [0.2, 0.25) is 0 Å².